The number of unbranched alkanes of at least 4 members (excludes halogenated alkanes) is 3. The third-order valence-electron chi connectivity index (χ3n) is 0.822. The van der Waals surface area contributed by atoms with E-state index in [1.165, 1.54) is 0 Å². The van der Waals surface area contributed by atoms with Crippen molar-refractivity contribution < 1.29 is 29.4 Å². The van der Waals surface area contributed by atoms with E-state index in [4.69, 9.17) is 5.11 Å². The van der Waals surface area contributed by atoms with E-state index in [1.807, 2.05) is 0 Å². The fraction of sp³-hybridized carbons (Fsp3) is 0.750. The summed E-state index contributed by atoms with van der Waals surface area (Å²) in [6.45, 7) is 5.57. The summed E-state index contributed by atoms with van der Waals surface area (Å²) in [5.41, 5.74) is 0. The predicted molar refractivity (Wildman–Crippen MR) is 53.0 cm³/mol. The van der Waals surface area contributed by atoms with Gasteiger partial charge in [-0.2, -0.15) is 6.42 Å². The minimum Gasteiger partial charge on any atom is -0.397 e. The third-order valence-corrected chi connectivity index (χ3v) is 0.822. The number of aliphatic hydroxyl groups excluding tert-OH is 1. The molecule has 1 N–H and O–H groups in total. The molecular weight excluding hydrogens is 273 g/mol. The van der Waals surface area contributed by atoms with Crippen LogP contribution in [0.4, 0.5) is 0 Å². The number of aliphatic hydroxyl groups is 1. The van der Waals surface area contributed by atoms with Crippen molar-refractivity contribution in [2.45, 2.75) is 32.6 Å². The first-order valence-corrected chi connectivity index (χ1v) is 3.67. The van der Waals surface area contributed by atoms with Crippen LogP contribution in [0.1, 0.15) is 32.6 Å². The van der Waals surface area contributed by atoms with Gasteiger partial charge in [0.05, 0.1) is 0 Å². The molecule has 0 aliphatic rings. The zero-order chi connectivity index (χ0) is 8.24. The number of carbonyl (C=O) groups excluding carboxylic acids is 1. The van der Waals surface area contributed by atoms with Crippen molar-refractivity contribution in [1.29, 1.82) is 0 Å². The SMILES string of the molecule is Br.CCO.[CH2-]CCCCC=O.[Zn]. The molecular formula is C8H18BrO2Zn-. The minimum absolute atomic E-state index is 0. The number of hydrogen-bond acceptors (Lipinski definition) is 2. The van der Waals surface area contributed by atoms with E-state index in [9.17, 15) is 4.79 Å². The second-order valence-corrected chi connectivity index (χ2v) is 1.83. The Morgan fingerprint density at radius 3 is 2.08 bits per heavy atom. The summed E-state index contributed by atoms with van der Waals surface area (Å²) < 4.78 is 0. The maximum Gasteiger partial charge on any atom is 0.119 e. The molecule has 0 saturated heterocycles. The Labute approximate surface area is 98.7 Å². The molecule has 0 amide bonds. The average Bonchev–Trinajstić information content (AvgIpc) is 1.91. The summed E-state index contributed by atoms with van der Waals surface area (Å²) in [7, 11) is 0. The number of carbonyl (C=O) groups is 1. The van der Waals surface area contributed by atoms with E-state index in [2.05, 4.69) is 6.92 Å². The molecule has 0 aromatic heterocycles. The summed E-state index contributed by atoms with van der Waals surface area (Å²) in [6.07, 6.45) is 4.70. The van der Waals surface area contributed by atoms with Crippen LogP contribution in [0.5, 0.6) is 0 Å². The Morgan fingerprint density at radius 1 is 1.42 bits per heavy atom. The summed E-state index contributed by atoms with van der Waals surface area (Å²) in [6, 6.07) is 0. The molecule has 0 aromatic rings. The van der Waals surface area contributed by atoms with Crippen LogP contribution in [-0.4, -0.2) is 18.0 Å². The van der Waals surface area contributed by atoms with E-state index >= 15 is 0 Å². The van der Waals surface area contributed by atoms with Crippen LogP contribution in [0.15, 0.2) is 0 Å². The minimum atomic E-state index is 0. The number of rotatable bonds is 4. The second kappa shape index (κ2) is 29.8. The molecule has 0 radical (unpaired) electrons. The van der Waals surface area contributed by atoms with Gasteiger partial charge < -0.3 is 16.8 Å². The Balaban J connectivity index is -0.0000000569. The molecule has 0 heterocycles. The Bertz CT molecular complexity index is 63.0. The maximum absolute atomic E-state index is 9.66. The molecule has 0 atom stereocenters. The van der Waals surface area contributed by atoms with Crippen LogP contribution in [0.3, 0.4) is 0 Å². The normalized spacial score (nSPS) is 6.58. The third kappa shape index (κ3) is 45.4. The summed E-state index contributed by atoms with van der Waals surface area (Å²) >= 11 is 0. The molecule has 0 spiro atoms. The van der Waals surface area contributed by atoms with Gasteiger partial charge in [-0.25, -0.2) is 0 Å². The quantitative estimate of drug-likeness (QED) is 0.373. The second-order valence-electron chi connectivity index (χ2n) is 1.83. The van der Waals surface area contributed by atoms with Gasteiger partial charge in [-0.15, -0.1) is 17.0 Å². The van der Waals surface area contributed by atoms with Gasteiger partial charge in [-0.05, 0) is 13.3 Å². The first kappa shape index (κ1) is 23.0. The summed E-state index contributed by atoms with van der Waals surface area (Å²) in [4.78, 5) is 9.66. The van der Waals surface area contributed by atoms with Crippen LogP contribution in [0.25, 0.3) is 0 Å². The molecule has 2 nitrogen and oxygen atoms in total. The average molecular weight is 292 g/mol. The van der Waals surface area contributed by atoms with Gasteiger partial charge in [0.15, 0.2) is 0 Å². The van der Waals surface area contributed by atoms with Gasteiger partial charge in [0.1, 0.15) is 6.29 Å². The number of aldehydes is 1. The smallest absolute Gasteiger partial charge is 0.119 e. The maximum atomic E-state index is 9.66. The molecule has 0 aliphatic carbocycles. The van der Waals surface area contributed by atoms with Crippen molar-refractivity contribution in [3.8, 4) is 0 Å². The molecule has 72 valence electrons. The topological polar surface area (TPSA) is 37.3 Å². The van der Waals surface area contributed by atoms with E-state index in [0.29, 0.717) is 6.42 Å². The van der Waals surface area contributed by atoms with Gasteiger partial charge >= 0.3 is 0 Å². The molecule has 12 heavy (non-hydrogen) atoms. The zero-order valence-electron chi connectivity index (χ0n) is 7.79. The van der Waals surface area contributed by atoms with Crippen molar-refractivity contribution in [3.05, 3.63) is 6.92 Å². The van der Waals surface area contributed by atoms with Crippen LogP contribution in [0, 0.1) is 6.92 Å². The summed E-state index contributed by atoms with van der Waals surface area (Å²) in [5.74, 6) is 0. The number of hydrogen-bond donors (Lipinski definition) is 1. The van der Waals surface area contributed by atoms with E-state index < -0.39 is 0 Å². The molecule has 0 rings (SSSR count). The molecule has 0 aliphatic heterocycles. The fourth-order valence-corrected chi connectivity index (χ4v) is 0.404. The number of halogens is 1. The van der Waals surface area contributed by atoms with Gasteiger partial charge in [0.2, 0.25) is 0 Å². The zero-order valence-corrected chi connectivity index (χ0v) is 12.5. The molecule has 0 bridgehead atoms. The Hall–Kier alpha value is 0.733. The van der Waals surface area contributed by atoms with Gasteiger partial charge in [0, 0.05) is 32.5 Å². The predicted octanol–water partition coefficient (Wildman–Crippen LogP) is 2.15. The standard InChI is InChI=1S/C6H11O.C2H6O.BrH.Zn/c1-2-3-4-5-6-7;1-2-3;;/h6H,1-5H2;3H,2H2,1H3;1H;/q-1;;;. The first-order valence-electron chi connectivity index (χ1n) is 3.67. The van der Waals surface area contributed by atoms with E-state index in [1.54, 1.807) is 6.92 Å². The first-order chi connectivity index (χ1) is 4.83. The van der Waals surface area contributed by atoms with Crippen molar-refractivity contribution in [2.24, 2.45) is 0 Å². The van der Waals surface area contributed by atoms with Crippen LogP contribution in [-0.2, 0) is 24.3 Å². The molecule has 0 saturated carbocycles. The largest absolute Gasteiger partial charge is 0.397 e. The van der Waals surface area contributed by atoms with Crippen LogP contribution in [0.2, 0.25) is 0 Å². The van der Waals surface area contributed by atoms with Gasteiger partial charge in [-0.3, -0.25) is 0 Å². The monoisotopic (exact) mass is 289 g/mol. The van der Waals surface area contributed by atoms with Crippen molar-refractivity contribution in [3.63, 3.8) is 0 Å². The Morgan fingerprint density at radius 2 is 1.83 bits per heavy atom. The van der Waals surface area contributed by atoms with Gasteiger partial charge in [0.25, 0.3) is 0 Å². The van der Waals surface area contributed by atoms with Gasteiger partial charge in [-0.1, -0.05) is 6.42 Å². The fourth-order valence-electron chi connectivity index (χ4n) is 0.404. The van der Waals surface area contributed by atoms with Crippen molar-refractivity contribution in [1.82, 2.24) is 0 Å². The van der Waals surface area contributed by atoms with Crippen molar-refractivity contribution in [2.75, 3.05) is 6.61 Å². The van der Waals surface area contributed by atoms with E-state index in [0.717, 1.165) is 25.5 Å². The molecule has 0 aromatic carbocycles. The van der Waals surface area contributed by atoms with Crippen LogP contribution < -0.4 is 0 Å². The molecule has 4 heteroatoms. The van der Waals surface area contributed by atoms with Crippen LogP contribution >= 0.6 is 17.0 Å². The molecule has 0 fully saturated rings. The molecule has 0 unspecified atom stereocenters. The van der Waals surface area contributed by atoms with E-state index in [-0.39, 0.29) is 43.1 Å². The van der Waals surface area contributed by atoms with Crippen molar-refractivity contribution >= 4 is 23.3 Å². The summed E-state index contributed by atoms with van der Waals surface area (Å²) in [5, 5.41) is 7.57. The Kier molecular flexibility index (Phi) is 57.1.